The van der Waals surface area contributed by atoms with Gasteiger partial charge in [0, 0.05) is 19.4 Å². The molecule has 1 aromatic heterocycles. The van der Waals surface area contributed by atoms with Crippen LogP contribution in [0.25, 0.3) is 11.0 Å². The zero-order valence-corrected chi connectivity index (χ0v) is 11.9. The number of amides is 1. The summed E-state index contributed by atoms with van der Waals surface area (Å²) >= 11 is 0. The summed E-state index contributed by atoms with van der Waals surface area (Å²) in [4.78, 5) is 19.4. The van der Waals surface area contributed by atoms with Crippen LogP contribution in [0.2, 0.25) is 0 Å². The summed E-state index contributed by atoms with van der Waals surface area (Å²) in [5.74, 6) is 0.822. The van der Waals surface area contributed by atoms with E-state index in [1.54, 1.807) is 6.92 Å². The monoisotopic (exact) mass is 275 g/mol. The number of rotatable bonds is 6. The molecule has 1 heterocycles. The quantitative estimate of drug-likeness (QED) is 0.750. The van der Waals surface area contributed by atoms with Crippen LogP contribution < -0.4 is 5.32 Å². The Hall–Kier alpha value is -1.88. The molecule has 20 heavy (non-hydrogen) atoms. The van der Waals surface area contributed by atoms with E-state index in [1.165, 1.54) is 0 Å². The fraction of sp³-hybridized carbons (Fsp3) is 0.467. The van der Waals surface area contributed by atoms with E-state index in [-0.39, 0.29) is 12.0 Å². The Bertz CT molecular complexity index is 590. The maximum atomic E-state index is 11.6. The van der Waals surface area contributed by atoms with Gasteiger partial charge in [-0.3, -0.25) is 4.79 Å². The van der Waals surface area contributed by atoms with Gasteiger partial charge < -0.3 is 15.4 Å². The van der Waals surface area contributed by atoms with Crippen molar-refractivity contribution in [2.45, 2.75) is 39.2 Å². The summed E-state index contributed by atoms with van der Waals surface area (Å²) in [5.41, 5.74) is 3.11. The Kier molecular flexibility index (Phi) is 4.74. The highest BCUT2D eigenvalue weighted by Crippen LogP contribution is 2.15. The van der Waals surface area contributed by atoms with Gasteiger partial charge in [-0.2, -0.15) is 0 Å². The summed E-state index contributed by atoms with van der Waals surface area (Å²) in [6.45, 7) is 4.24. The van der Waals surface area contributed by atoms with E-state index in [2.05, 4.69) is 15.3 Å². The van der Waals surface area contributed by atoms with Gasteiger partial charge in [0.05, 0.1) is 17.1 Å². The fourth-order valence-electron chi connectivity index (χ4n) is 2.09. The molecule has 0 saturated heterocycles. The molecule has 0 spiro atoms. The molecule has 0 aliphatic heterocycles. The Morgan fingerprint density at radius 3 is 3.00 bits per heavy atom. The van der Waals surface area contributed by atoms with Crippen LogP contribution >= 0.6 is 0 Å². The number of imidazole rings is 1. The normalized spacial score (nSPS) is 12.6. The lowest BCUT2D eigenvalue weighted by atomic mass is 10.2. The number of aryl methyl sites for hydroxylation is 2. The van der Waals surface area contributed by atoms with E-state index >= 15 is 0 Å². The van der Waals surface area contributed by atoms with Gasteiger partial charge in [0.15, 0.2) is 0 Å². The maximum absolute atomic E-state index is 11.6. The number of H-pyrrole nitrogens is 1. The van der Waals surface area contributed by atoms with Gasteiger partial charge in [0.2, 0.25) is 5.91 Å². The predicted octanol–water partition coefficient (Wildman–Crippen LogP) is 1.69. The van der Waals surface area contributed by atoms with E-state index in [4.69, 9.17) is 5.11 Å². The Morgan fingerprint density at radius 2 is 2.30 bits per heavy atom. The number of aromatic amines is 1. The molecule has 108 valence electrons. The number of fused-ring (bicyclic) bond motifs is 1. The van der Waals surface area contributed by atoms with Gasteiger partial charge in [-0.05, 0) is 31.9 Å². The van der Waals surface area contributed by atoms with Gasteiger partial charge >= 0.3 is 0 Å². The van der Waals surface area contributed by atoms with E-state index in [1.807, 2.05) is 25.1 Å². The van der Waals surface area contributed by atoms with Crippen LogP contribution in [0, 0.1) is 6.92 Å². The van der Waals surface area contributed by atoms with Crippen molar-refractivity contribution in [2.75, 3.05) is 6.54 Å². The summed E-state index contributed by atoms with van der Waals surface area (Å²) in [6.07, 6.45) is 1.19. The second-order valence-corrected chi connectivity index (χ2v) is 5.14. The van der Waals surface area contributed by atoms with E-state index in [0.29, 0.717) is 25.8 Å². The molecular weight excluding hydrogens is 254 g/mol. The molecule has 5 nitrogen and oxygen atoms in total. The van der Waals surface area contributed by atoms with Gasteiger partial charge in [-0.25, -0.2) is 4.98 Å². The van der Waals surface area contributed by atoms with Crippen LogP contribution in [-0.2, 0) is 11.2 Å². The summed E-state index contributed by atoms with van der Waals surface area (Å²) in [5, 5.41) is 11.9. The first-order valence-corrected chi connectivity index (χ1v) is 6.95. The van der Waals surface area contributed by atoms with Crippen molar-refractivity contribution in [3.63, 3.8) is 0 Å². The number of nitrogens with one attached hydrogen (secondary N) is 2. The topological polar surface area (TPSA) is 78.0 Å². The molecule has 1 aromatic carbocycles. The summed E-state index contributed by atoms with van der Waals surface area (Å²) in [7, 11) is 0. The largest absolute Gasteiger partial charge is 0.393 e. The number of nitrogens with zero attached hydrogens (tertiary/aromatic N) is 1. The summed E-state index contributed by atoms with van der Waals surface area (Å²) in [6, 6.07) is 6.00. The SMILES string of the molecule is Cc1cccc2[nH]c(CCC(=O)NCCC(C)O)nc12. The minimum Gasteiger partial charge on any atom is -0.393 e. The zero-order valence-electron chi connectivity index (χ0n) is 11.9. The van der Waals surface area contributed by atoms with Crippen LogP contribution in [0.15, 0.2) is 18.2 Å². The smallest absolute Gasteiger partial charge is 0.220 e. The highest BCUT2D eigenvalue weighted by molar-refractivity contribution is 5.79. The first kappa shape index (κ1) is 14.5. The standard InChI is InChI=1S/C15H21N3O2/c1-10-4-3-5-12-15(10)18-13(17-12)6-7-14(20)16-9-8-11(2)19/h3-5,11,19H,6-9H2,1-2H3,(H,16,20)(H,17,18). The van der Waals surface area contributed by atoms with E-state index < -0.39 is 0 Å². The Labute approximate surface area is 118 Å². The minimum atomic E-state index is -0.381. The lowest BCUT2D eigenvalue weighted by molar-refractivity contribution is -0.121. The van der Waals surface area contributed by atoms with Crippen molar-refractivity contribution in [3.05, 3.63) is 29.6 Å². The molecule has 0 bridgehead atoms. The number of carbonyl (C=O) groups is 1. The van der Waals surface area contributed by atoms with Crippen molar-refractivity contribution in [3.8, 4) is 0 Å². The maximum Gasteiger partial charge on any atom is 0.220 e. The van der Waals surface area contributed by atoms with E-state index in [0.717, 1.165) is 22.4 Å². The summed E-state index contributed by atoms with van der Waals surface area (Å²) < 4.78 is 0. The number of carbonyl (C=O) groups excluding carboxylic acids is 1. The molecule has 2 rings (SSSR count). The lowest BCUT2D eigenvalue weighted by Gasteiger charge is -2.05. The molecule has 0 aliphatic carbocycles. The first-order chi connectivity index (χ1) is 9.56. The predicted molar refractivity (Wildman–Crippen MR) is 78.5 cm³/mol. The van der Waals surface area contributed by atoms with Gasteiger partial charge in [-0.1, -0.05) is 12.1 Å². The molecule has 0 fully saturated rings. The average Bonchev–Trinajstić information content (AvgIpc) is 2.80. The highest BCUT2D eigenvalue weighted by atomic mass is 16.3. The highest BCUT2D eigenvalue weighted by Gasteiger charge is 2.07. The Balaban J connectivity index is 1.86. The third kappa shape index (κ3) is 3.81. The minimum absolute atomic E-state index is 0.0113. The molecular formula is C15H21N3O2. The van der Waals surface area contributed by atoms with Gasteiger partial charge in [-0.15, -0.1) is 0 Å². The van der Waals surface area contributed by atoms with Crippen LogP contribution in [-0.4, -0.2) is 33.6 Å². The molecule has 0 radical (unpaired) electrons. The van der Waals surface area contributed by atoms with Crippen LogP contribution in [0.5, 0.6) is 0 Å². The van der Waals surface area contributed by atoms with E-state index in [9.17, 15) is 4.79 Å². The molecule has 0 aliphatic rings. The third-order valence-corrected chi connectivity index (χ3v) is 3.24. The van der Waals surface area contributed by atoms with Crippen molar-refractivity contribution >= 4 is 16.9 Å². The first-order valence-electron chi connectivity index (χ1n) is 6.95. The molecule has 3 N–H and O–H groups in total. The second-order valence-electron chi connectivity index (χ2n) is 5.14. The number of para-hydroxylation sites is 1. The average molecular weight is 275 g/mol. The number of hydrogen-bond donors (Lipinski definition) is 3. The molecule has 1 atom stereocenters. The van der Waals surface area contributed by atoms with Gasteiger partial charge in [0.25, 0.3) is 0 Å². The second kappa shape index (κ2) is 6.52. The fourth-order valence-corrected chi connectivity index (χ4v) is 2.09. The van der Waals surface area contributed by atoms with Crippen molar-refractivity contribution in [1.82, 2.24) is 15.3 Å². The van der Waals surface area contributed by atoms with Crippen molar-refractivity contribution in [2.24, 2.45) is 0 Å². The molecule has 1 unspecified atom stereocenters. The molecule has 2 aromatic rings. The lowest BCUT2D eigenvalue weighted by Crippen LogP contribution is -2.26. The number of aliphatic hydroxyl groups excluding tert-OH is 1. The van der Waals surface area contributed by atoms with Crippen molar-refractivity contribution < 1.29 is 9.90 Å². The van der Waals surface area contributed by atoms with Gasteiger partial charge in [0.1, 0.15) is 5.82 Å². The molecule has 0 saturated carbocycles. The van der Waals surface area contributed by atoms with Crippen LogP contribution in [0.4, 0.5) is 0 Å². The number of benzene rings is 1. The Morgan fingerprint density at radius 1 is 1.50 bits per heavy atom. The van der Waals surface area contributed by atoms with Crippen molar-refractivity contribution in [1.29, 1.82) is 0 Å². The molecule has 5 heteroatoms. The third-order valence-electron chi connectivity index (χ3n) is 3.24. The van der Waals surface area contributed by atoms with Crippen LogP contribution in [0.3, 0.4) is 0 Å². The number of aliphatic hydroxyl groups is 1. The number of aromatic nitrogens is 2. The van der Waals surface area contributed by atoms with Crippen LogP contribution in [0.1, 0.15) is 31.2 Å². The zero-order chi connectivity index (χ0) is 14.5. The molecule has 1 amide bonds. The number of hydrogen-bond acceptors (Lipinski definition) is 3.